The van der Waals surface area contributed by atoms with Gasteiger partial charge in [-0.05, 0) is 19.8 Å². The zero-order valence-electron chi connectivity index (χ0n) is 10.6. The summed E-state index contributed by atoms with van der Waals surface area (Å²) in [4.78, 5) is 27.5. The molecule has 2 N–H and O–H groups in total. The molecule has 2 rings (SSSR count). The Kier molecular flexibility index (Phi) is 3.38. The number of carbonyl (C=O) groups excluding carboxylic acids is 2. The zero-order chi connectivity index (χ0) is 12.6. The molecule has 1 heterocycles. The minimum absolute atomic E-state index is 0.00352. The normalized spacial score (nSPS) is 24.8. The second-order valence-electron chi connectivity index (χ2n) is 5.23. The van der Waals surface area contributed by atoms with Crippen molar-refractivity contribution in [1.29, 1.82) is 0 Å². The van der Waals surface area contributed by atoms with Gasteiger partial charge in [-0.1, -0.05) is 6.92 Å². The quantitative estimate of drug-likeness (QED) is 0.742. The first-order chi connectivity index (χ1) is 8.00. The van der Waals surface area contributed by atoms with Gasteiger partial charge in [-0.15, -0.1) is 0 Å². The molecule has 2 unspecified atom stereocenters. The summed E-state index contributed by atoms with van der Waals surface area (Å²) >= 11 is 0. The predicted octanol–water partition coefficient (Wildman–Crippen LogP) is -0.197. The number of piperazine rings is 1. The lowest BCUT2D eigenvalue weighted by atomic mass is 10.0. The Morgan fingerprint density at radius 3 is 2.47 bits per heavy atom. The van der Waals surface area contributed by atoms with Gasteiger partial charge in [0.15, 0.2) is 0 Å². The van der Waals surface area contributed by atoms with Crippen LogP contribution >= 0.6 is 0 Å². The molecule has 1 aliphatic carbocycles. The van der Waals surface area contributed by atoms with E-state index < -0.39 is 0 Å². The summed E-state index contributed by atoms with van der Waals surface area (Å²) in [6.45, 7) is 5.21. The largest absolute Gasteiger partial charge is 0.336 e. The number of nitrogens with two attached hydrogens (primary N) is 1. The van der Waals surface area contributed by atoms with Gasteiger partial charge in [-0.2, -0.15) is 0 Å². The van der Waals surface area contributed by atoms with Crippen molar-refractivity contribution in [3.63, 3.8) is 0 Å². The zero-order valence-corrected chi connectivity index (χ0v) is 10.6. The molecule has 0 aromatic rings. The van der Waals surface area contributed by atoms with Crippen LogP contribution in [-0.4, -0.2) is 53.3 Å². The van der Waals surface area contributed by atoms with Crippen LogP contribution < -0.4 is 5.73 Å². The van der Waals surface area contributed by atoms with Gasteiger partial charge in [0.25, 0.3) is 0 Å². The molecule has 0 aromatic carbocycles. The van der Waals surface area contributed by atoms with E-state index in [1.54, 1.807) is 4.90 Å². The molecule has 5 heteroatoms. The summed E-state index contributed by atoms with van der Waals surface area (Å²) in [5.74, 6) is -0.122. The van der Waals surface area contributed by atoms with E-state index in [0.717, 1.165) is 12.8 Å². The highest BCUT2D eigenvalue weighted by Crippen LogP contribution is 2.28. The molecule has 1 saturated heterocycles. The van der Waals surface area contributed by atoms with Crippen molar-refractivity contribution in [2.75, 3.05) is 19.6 Å². The highest BCUT2D eigenvalue weighted by atomic mass is 16.2. The molecule has 1 aliphatic heterocycles. The molecule has 5 nitrogen and oxygen atoms in total. The summed E-state index contributed by atoms with van der Waals surface area (Å²) < 4.78 is 0. The summed E-state index contributed by atoms with van der Waals surface area (Å²) in [5, 5.41) is 0. The third-order valence-corrected chi connectivity index (χ3v) is 3.73. The number of nitrogens with zero attached hydrogens (tertiary/aromatic N) is 2. The van der Waals surface area contributed by atoms with Crippen molar-refractivity contribution in [2.24, 2.45) is 11.7 Å². The third-order valence-electron chi connectivity index (χ3n) is 3.73. The second kappa shape index (κ2) is 4.64. The number of rotatable bonds is 3. The van der Waals surface area contributed by atoms with Crippen molar-refractivity contribution >= 4 is 11.8 Å². The molecule has 2 fully saturated rings. The summed E-state index contributed by atoms with van der Waals surface area (Å²) in [7, 11) is 0. The molecule has 0 bridgehead atoms. The topological polar surface area (TPSA) is 66.6 Å². The first-order valence-corrected chi connectivity index (χ1v) is 6.34. The summed E-state index contributed by atoms with van der Waals surface area (Å²) in [5.41, 5.74) is 5.72. The molecular formula is C12H21N3O2. The van der Waals surface area contributed by atoms with Crippen LogP contribution in [0.25, 0.3) is 0 Å². The maximum atomic E-state index is 12.1. The van der Waals surface area contributed by atoms with Gasteiger partial charge in [0, 0.05) is 25.2 Å². The van der Waals surface area contributed by atoms with Gasteiger partial charge in [0.2, 0.25) is 11.8 Å². The lowest BCUT2D eigenvalue weighted by Crippen LogP contribution is -2.55. The maximum absolute atomic E-state index is 12.1. The molecule has 2 atom stereocenters. The van der Waals surface area contributed by atoms with Crippen molar-refractivity contribution in [3.8, 4) is 0 Å². The van der Waals surface area contributed by atoms with E-state index in [0.29, 0.717) is 19.1 Å². The minimum Gasteiger partial charge on any atom is -0.336 e. The molecule has 0 spiro atoms. The summed E-state index contributed by atoms with van der Waals surface area (Å²) in [6.07, 6.45) is 2.24. The van der Waals surface area contributed by atoms with Crippen molar-refractivity contribution < 1.29 is 9.59 Å². The van der Waals surface area contributed by atoms with Crippen molar-refractivity contribution in [2.45, 2.75) is 38.8 Å². The van der Waals surface area contributed by atoms with Gasteiger partial charge >= 0.3 is 0 Å². The fourth-order valence-electron chi connectivity index (χ4n) is 2.16. The number of carbonyl (C=O) groups is 2. The number of hydrogen-bond donors (Lipinski definition) is 1. The fourth-order valence-corrected chi connectivity index (χ4v) is 2.16. The first-order valence-electron chi connectivity index (χ1n) is 6.34. The van der Waals surface area contributed by atoms with Gasteiger partial charge in [-0.3, -0.25) is 9.59 Å². The van der Waals surface area contributed by atoms with Crippen molar-refractivity contribution in [3.05, 3.63) is 0 Å². The minimum atomic E-state index is -0.213. The van der Waals surface area contributed by atoms with E-state index in [-0.39, 0.29) is 30.3 Å². The average Bonchev–Trinajstić information content (AvgIpc) is 3.10. The Hall–Kier alpha value is -1.10. The van der Waals surface area contributed by atoms with Crippen LogP contribution in [0, 0.1) is 5.92 Å². The molecule has 96 valence electrons. The van der Waals surface area contributed by atoms with Crippen LogP contribution in [0.3, 0.4) is 0 Å². The standard InChI is InChI=1S/C12H21N3O2/c1-8(9(2)13)12(17)14-5-6-15(10-3-4-10)11(16)7-14/h8-10H,3-7,13H2,1-2H3. The highest BCUT2D eigenvalue weighted by molar-refractivity contribution is 5.87. The Balaban J connectivity index is 1.92. The summed E-state index contributed by atoms with van der Waals surface area (Å²) in [6, 6.07) is 0.282. The van der Waals surface area contributed by atoms with Crippen LogP contribution in [0.2, 0.25) is 0 Å². The van der Waals surface area contributed by atoms with E-state index in [2.05, 4.69) is 0 Å². The van der Waals surface area contributed by atoms with E-state index in [1.165, 1.54) is 0 Å². The molecular weight excluding hydrogens is 218 g/mol. The Bertz CT molecular complexity index is 326. The second-order valence-corrected chi connectivity index (χ2v) is 5.23. The van der Waals surface area contributed by atoms with Gasteiger partial charge < -0.3 is 15.5 Å². The fraction of sp³-hybridized carbons (Fsp3) is 0.833. The smallest absolute Gasteiger partial charge is 0.242 e. The first kappa shape index (κ1) is 12.4. The predicted molar refractivity (Wildman–Crippen MR) is 64.1 cm³/mol. The van der Waals surface area contributed by atoms with Gasteiger partial charge in [0.1, 0.15) is 0 Å². The third kappa shape index (κ3) is 2.60. The Morgan fingerprint density at radius 1 is 1.35 bits per heavy atom. The molecule has 0 aromatic heterocycles. The maximum Gasteiger partial charge on any atom is 0.242 e. The number of amides is 2. The monoisotopic (exact) mass is 239 g/mol. The Labute approximate surface area is 102 Å². The average molecular weight is 239 g/mol. The molecule has 2 amide bonds. The van der Waals surface area contributed by atoms with Gasteiger partial charge in [0.05, 0.1) is 12.5 Å². The van der Waals surface area contributed by atoms with Crippen LogP contribution in [0.15, 0.2) is 0 Å². The van der Waals surface area contributed by atoms with Gasteiger partial charge in [-0.25, -0.2) is 0 Å². The Morgan fingerprint density at radius 2 is 2.00 bits per heavy atom. The van der Waals surface area contributed by atoms with Crippen LogP contribution in [0.4, 0.5) is 0 Å². The van der Waals surface area contributed by atoms with E-state index in [4.69, 9.17) is 5.73 Å². The molecule has 0 radical (unpaired) electrons. The van der Waals surface area contributed by atoms with Crippen LogP contribution in [-0.2, 0) is 9.59 Å². The lowest BCUT2D eigenvalue weighted by molar-refractivity contribution is -0.148. The lowest BCUT2D eigenvalue weighted by Gasteiger charge is -2.36. The van der Waals surface area contributed by atoms with E-state index >= 15 is 0 Å². The van der Waals surface area contributed by atoms with E-state index in [1.807, 2.05) is 18.7 Å². The molecule has 1 saturated carbocycles. The highest BCUT2D eigenvalue weighted by Gasteiger charge is 2.37. The van der Waals surface area contributed by atoms with Crippen LogP contribution in [0.5, 0.6) is 0 Å². The van der Waals surface area contributed by atoms with Crippen LogP contribution in [0.1, 0.15) is 26.7 Å². The van der Waals surface area contributed by atoms with Crippen molar-refractivity contribution in [1.82, 2.24) is 9.80 Å². The van der Waals surface area contributed by atoms with E-state index in [9.17, 15) is 9.59 Å². The molecule has 17 heavy (non-hydrogen) atoms. The number of hydrogen-bond acceptors (Lipinski definition) is 3. The molecule has 2 aliphatic rings. The SMILES string of the molecule is CC(N)C(C)C(=O)N1CCN(C2CC2)C(=O)C1.